The van der Waals surface area contributed by atoms with Crippen molar-refractivity contribution in [2.24, 2.45) is 5.92 Å². The Kier molecular flexibility index (Phi) is 6.85. The molecule has 1 fully saturated rings. The normalized spacial score (nSPS) is 15.3. The zero-order valence-corrected chi connectivity index (χ0v) is 15.3. The molecule has 0 amide bonds. The largest absolute Gasteiger partial charge is 0.481 e. The van der Waals surface area contributed by atoms with Crippen LogP contribution >= 0.6 is 0 Å². The Bertz CT molecular complexity index is 740. The van der Waals surface area contributed by atoms with Crippen LogP contribution in [-0.4, -0.2) is 32.5 Å². The molecule has 0 heterocycles. The second kappa shape index (κ2) is 8.88. The fraction of sp³-hybridized carbons (Fsp3) is 0.500. The lowest BCUT2D eigenvalue weighted by atomic mass is 9.89. The molecule has 0 bridgehead atoms. The SMILES string of the molecule is CC#CCOc1ccc(S(=O)(=O)N(C)OC(=O)C2CCCCC2)cc1. The third-order valence-electron chi connectivity index (χ3n) is 4.10. The summed E-state index contributed by atoms with van der Waals surface area (Å²) >= 11 is 0. The summed E-state index contributed by atoms with van der Waals surface area (Å²) in [7, 11) is -2.67. The van der Waals surface area contributed by atoms with E-state index in [1.165, 1.54) is 19.2 Å². The molecular weight excluding hydrogens is 342 g/mol. The molecule has 25 heavy (non-hydrogen) atoms. The Hall–Kier alpha value is -2.04. The average Bonchev–Trinajstić information content (AvgIpc) is 2.63. The first kappa shape index (κ1) is 19.3. The summed E-state index contributed by atoms with van der Waals surface area (Å²) < 4.78 is 31.0. The molecule has 0 radical (unpaired) electrons. The van der Waals surface area contributed by atoms with Crippen molar-refractivity contribution in [2.75, 3.05) is 13.7 Å². The van der Waals surface area contributed by atoms with Gasteiger partial charge in [-0.3, -0.25) is 4.79 Å². The number of hydrogen-bond donors (Lipinski definition) is 0. The van der Waals surface area contributed by atoms with Crippen LogP contribution in [0.4, 0.5) is 0 Å². The lowest BCUT2D eigenvalue weighted by molar-refractivity contribution is -0.172. The quantitative estimate of drug-likeness (QED) is 0.572. The lowest BCUT2D eigenvalue weighted by Gasteiger charge is -2.23. The Balaban J connectivity index is 2.00. The molecule has 0 N–H and O–H groups in total. The molecule has 1 aromatic carbocycles. The molecule has 0 unspecified atom stereocenters. The van der Waals surface area contributed by atoms with Gasteiger partial charge in [-0.05, 0) is 48.5 Å². The number of carbonyl (C=O) groups is 1. The van der Waals surface area contributed by atoms with Gasteiger partial charge in [-0.1, -0.05) is 25.2 Å². The van der Waals surface area contributed by atoms with Crippen LogP contribution in [0.3, 0.4) is 0 Å². The van der Waals surface area contributed by atoms with E-state index >= 15 is 0 Å². The average molecular weight is 365 g/mol. The Morgan fingerprint density at radius 1 is 1.20 bits per heavy atom. The number of ether oxygens (including phenoxy) is 1. The van der Waals surface area contributed by atoms with Gasteiger partial charge in [0.2, 0.25) is 0 Å². The van der Waals surface area contributed by atoms with Crippen LogP contribution in [0.2, 0.25) is 0 Å². The summed E-state index contributed by atoms with van der Waals surface area (Å²) in [5, 5.41) is 0. The molecule has 6 nitrogen and oxygen atoms in total. The van der Waals surface area contributed by atoms with Crippen LogP contribution in [-0.2, 0) is 19.7 Å². The number of carbonyl (C=O) groups excluding carboxylic acids is 1. The third kappa shape index (κ3) is 5.21. The van der Waals surface area contributed by atoms with E-state index < -0.39 is 16.0 Å². The zero-order chi connectivity index (χ0) is 18.3. The smallest absolute Gasteiger partial charge is 0.329 e. The first-order chi connectivity index (χ1) is 11.9. The van der Waals surface area contributed by atoms with Crippen molar-refractivity contribution in [3.05, 3.63) is 24.3 Å². The van der Waals surface area contributed by atoms with Gasteiger partial charge in [0.25, 0.3) is 10.0 Å². The number of hydrogen-bond acceptors (Lipinski definition) is 5. The first-order valence-corrected chi connectivity index (χ1v) is 9.72. The number of rotatable bonds is 6. The van der Waals surface area contributed by atoms with Gasteiger partial charge in [0.1, 0.15) is 12.4 Å². The molecule has 0 spiro atoms. The first-order valence-electron chi connectivity index (χ1n) is 8.28. The van der Waals surface area contributed by atoms with Crippen molar-refractivity contribution >= 4 is 16.0 Å². The zero-order valence-electron chi connectivity index (χ0n) is 14.5. The number of hydroxylamine groups is 1. The maximum atomic E-state index is 12.5. The van der Waals surface area contributed by atoms with E-state index in [0.29, 0.717) is 10.2 Å². The van der Waals surface area contributed by atoms with E-state index in [-0.39, 0.29) is 17.4 Å². The highest BCUT2D eigenvalue weighted by molar-refractivity contribution is 7.89. The molecule has 0 aromatic heterocycles. The predicted molar refractivity (Wildman–Crippen MR) is 93.0 cm³/mol. The molecule has 1 saturated carbocycles. The highest BCUT2D eigenvalue weighted by Gasteiger charge is 2.29. The number of sulfonamides is 1. The minimum atomic E-state index is -3.91. The summed E-state index contributed by atoms with van der Waals surface area (Å²) in [5.74, 6) is 5.28. The molecule has 136 valence electrons. The summed E-state index contributed by atoms with van der Waals surface area (Å²) in [6.45, 7) is 1.95. The van der Waals surface area contributed by atoms with Gasteiger partial charge in [-0.2, -0.15) is 0 Å². The van der Waals surface area contributed by atoms with E-state index in [2.05, 4.69) is 11.8 Å². The minimum absolute atomic E-state index is 0.0281. The highest BCUT2D eigenvalue weighted by Crippen LogP contribution is 2.26. The van der Waals surface area contributed by atoms with Crippen LogP contribution in [0, 0.1) is 17.8 Å². The van der Waals surface area contributed by atoms with Gasteiger partial charge in [0.05, 0.1) is 10.8 Å². The van der Waals surface area contributed by atoms with Gasteiger partial charge >= 0.3 is 5.97 Å². The second-order valence-corrected chi connectivity index (χ2v) is 7.78. The third-order valence-corrected chi connectivity index (χ3v) is 5.72. The van der Waals surface area contributed by atoms with Crippen LogP contribution in [0.15, 0.2) is 29.2 Å². The van der Waals surface area contributed by atoms with Crippen molar-refractivity contribution in [1.29, 1.82) is 0 Å². The van der Waals surface area contributed by atoms with Gasteiger partial charge in [-0.15, -0.1) is 5.92 Å². The Morgan fingerprint density at radius 3 is 2.44 bits per heavy atom. The maximum Gasteiger partial charge on any atom is 0.329 e. The molecule has 0 saturated heterocycles. The van der Waals surface area contributed by atoms with Crippen molar-refractivity contribution < 1.29 is 22.8 Å². The van der Waals surface area contributed by atoms with Gasteiger partial charge in [-0.25, -0.2) is 8.42 Å². The van der Waals surface area contributed by atoms with Gasteiger partial charge < -0.3 is 9.57 Å². The van der Waals surface area contributed by atoms with E-state index in [1.807, 2.05) is 0 Å². The Labute approximate surface area is 149 Å². The van der Waals surface area contributed by atoms with Gasteiger partial charge in [0, 0.05) is 7.05 Å². The number of nitrogens with zero attached hydrogens (tertiary/aromatic N) is 1. The molecule has 1 aliphatic carbocycles. The minimum Gasteiger partial charge on any atom is -0.481 e. The van der Waals surface area contributed by atoms with Crippen molar-refractivity contribution in [2.45, 2.75) is 43.9 Å². The standard InChI is InChI=1S/C18H23NO5S/c1-3-4-14-23-16-10-12-17(13-11-16)25(21,22)19(2)24-18(20)15-8-6-5-7-9-15/h10-13,15H,5-9,14H2,1-2H3. The molecule has 1 aliphatic rings. The molecule has 7 heteroatoms. The summed E-state index contributed by atoms with van der Waals surface area (Å²) in [4.78, 5) is 17.2. The van der Waals surface area contributed by atoms with Crippen LogP contribution in [0.5, 0.6) is 5.75 Å². The van der Waals surface area contributed by atoms with Crippen LogP contribution < -0.4 is 4.74 Å². The highest BCUT2D eigenvalue weighted by atomic mass is 32.2. The van der Waals surface area contributed by atoms with Crippen LogP contribution in [0.25, 0.3) is 0 Å². The van der Waals surface area contributed by atoms with E-state index in [0.717, 1.165) is 32.1 Å². The monoisotopic (exact) mass is 365 g/mol. The van der Waals surface area contributed by atoms with E-state index in [9.17, 15) is 13.2 Å². The fourth-order valence-electron chi connectivity index (χ4n) is 2.64. The number of benzene rings is 1. The summed E-state index contributed by atoms with van der Waals surface area (Å²) in [5.41, 5.74) is 0. The lowest BCUT2D eigenvalue weighted by Crippen LogP contribution is -2.33. The molecule has 1 aromatic rings. The van der Waals surface area contributed by atoms with E-state index in [1.54, 1.807) is 19.1 Å². The molecule has 2 rings (SSSR count). The fourth-order valence-corrected chi connectivity index (χ4v) is 3.58. The molecular formula is C18H23NO5S. The Morgan fingerprint density at radius 2 is 1.84 bits per heavy atom. The topological polar surface area (TPSA) is 72.9 Å². The molecule has 0 aliphatic heterocycles. The van der Waals surface area contributed by atoms with Crippen molar-refractivity contribution in [1.82, 2.24) is 4.47 Å². The van der Waals surface area contributed by atoms with E-state index in [4.69, 9.17) is 9.57 Å². The van der Waals surface area contributed by atoms with Crippen molar-refractivity contribution in [3.8, 4) is 17.6 Å². The summed E-state index contributed by atoms with van der Waals surface area (Å²) in [6, 6.07) is 5.91. The predicted octanol–water partition coefficient (Wildman–Crippen LogP) is 2.75. The van der Waals surface area contributed by atoms with Crippen LogP contribution in [0.1, 0.15) is 39.0 Å². The van der Waals surface area contributed by atoms with Crippen molar-refractivity contribution in [3.63, 3.8) is 0 Å². The maximum absolute atomic E-state index is 12.5. The molecule has 0 atom stereocenters. The van der Waals surface area contributed by atoms with Gasteiger partial charge in [0.15, 0.2) is 0 Å². The summed E-state index contributed by atoms with van der Waals surface area (Å²) in [6.07, 6.45) is 4.55. The second-order valence-electron chi connectivity index (χ2n) is 5.85.